The standard InChI is InChI=1S/C19H33N5O3S/c1-18(2,3)13(14(25)20-7)21-16(26)22-17-24(11-12-9-8-10-27-12)23-15(28-17)19(4,5)6/h12-13H,8-11H2,1-7H3,(H,20,25)(H,21,26)/b22-17-/t12-,13-/m1/s1. The summed E-state index contributed by atoms with van der Waals surface area (Å²) in [6, 6.07) is -1.23. The maximum atomic E-state index is 12.6. The van der Waals surface area contributed by atoms with Crippen molar-refractivity contribution in [2.45, 2.75) is 78.5 Å². The third kappa shape index (κ3) is 5.88. The molecule has 8 nitrogen and oxygen atoms in total. The fourth-order valence-electron chi connectivity index (χ4n) is 2.86. The van der Waals surface area contributed by atoms with Crippen LogP contribution < -0.4 is 15.4 Å². The first-order valence-electron chi connectivity index (χ1n) is 9.68. The molecule has 0 saturated carbocycles. The largest absolute Gasteiger partial charge is 0.376 e. The molecule has 2 rings (SSSR count). The molecule has 0 spiro atoms. The lowest BCUT2D eigenvalue weighted by Gasteiger charge is -2.28. The number of hydrogen-bond donors (Lipinski definition) is 2. The summed E-state index contributed by atoms with van der Waals surface area (Å²) in [6.45, 7) is 13.2. The normalized spacial score (nSPS) is 19.5. The van der Waals surface area contributed by atoms with E-state index >= 15 is 0 Å². The Morgan fingerprint density at radius 3 is 2.50 bits per heavy atom. The van der Waals surface area contributed by atoms with Crippen molar-refractivity contribution in [3.05, 3.63) is 9.81 Å². The number of hydrogen-bond acceptors (Lipinski definition) is 5. The molecule has 2 N–H and O–H groups in total. The van der Waals surface area contributed by atoms with Crippen LogP contribution in [0.1, 0.15) is 59.4 Å². The highest BCUT2D eigenvalue weighted by atomic mass is 32.1. The van der Waals surface area contributed by atoms with Crippen LogP contribution in [0.5, 0.6) is 0 Å². The summed E-state index contributed by atoms with van der Waals surface area (Å²) < 4.78 is 7.47. The SMILES string of the molecule is CNC(=O)[C@@H](NC(=O)/N=c1\sc(C(C)(C)C)nn1C[C@H]1CCCO1)C(C)(C)C. The molecule has 1 aliphatic rings. The fraction of sp³-hybridized carbons (Fsp3) is 0.789. The molecule has 1 aromatic heterocycles. The number of amides is 3. The molecule has 0 aliphatic carbocycles. The Morgan fingerprint density at radius 1 is 1.32 bits per heavy atom. The van der Waals surface area contributed by atoms with E-state index in [1.165, 1.54) is 11.3 Å². The summed E-state index contributed by atoms with van der Waals surface area (Å²) in [5, 5.41) is 10.9. The third-order valence-electron chi connectivity index (χ3n) is 4.50. The topological polar surface area (TPSA) is 97.6 Å². The van der Waals surface area contributed by atoms with E-state index in [-0.39, 0.29) is 17.4 Å². The Bertz CT molecular complexity index is 764. The number of nitrogens with zero attached hydrogens (tertiary/aromatic N) is 3. The van der Waals surface area contributed by atoms with Crippen molar-refractivity contribution in [2.75, 3.05) is 13.7 Å². The zero-order chi connectivity index (χ0) is 21.1. The number of aromatic nitrogens is 2. The molecule has 2 heterocycles. The van der Waals surface area contributed by atoms with Gasteiger partial charge in [0.15, 0.2) is 0 Å². The summed E-state index contributed by atoms with van der Waals surface area (Å²) in [7, 11) is 1.55. The van der Waals surface area contributed by atoms with E-state index in [0.29, 0.717) is 11.3 Å². The second kappa shape index (κ2) is 8.73. The molecule has 9 heteroatoms. The molecule has 1 aromatic rings. The Labute approximate surface area is 170 Å². The summed E-state index contributed by atoms with van der Waals surface area (Å²) in [4.78, 5) is 29.5. The van der Waals surface area contributed by atoms with Crippen LogP contribution in [0, 0.1) is 5.41 Å². The molecular formula is C19H33N5O3S. The minimum Gasteiger partial charge on any atom is -0.376 e. The minimum atomic E-state index is -0.685. The average Bonchev–Trinajstić information content (AvgIpc) is 3.21. The van der Waals surface area contributed by atoms with Gasteiger partial charge in [-0.3, -0.25) is 4.79 Å². The maximum Gasteiger partial charge on any atom is 0.344 e. The van der Waals surface area contributed by atoms with Crippen LogP contribution in [0.15, 0.2) is 4.99 Å². The van der Waals surface area contributed by atoms with Gasteiger partial charge in [-0.15, -0.1) is 0 Å². The van der Waals surface area contributed by atoms with Gasteiger partial charge < -0.3 is 15.4 Å². The number of carbonyl (C=O) groups is 2. The van der Waals surface area contributed by atoms with Crippen molar-refractivity contribution in [1.82, 2.24) is 20.4 Å². The van der Waals surface area contributed by atoms with E-state index < -0.39 is 17.5 Å². The number of rotatable bonds is 4. The van der Waals surface area contributed by atoms with Gasteiger partial charge in [-0.05, 0) is 18.3 Å². The van der Waals surface area contributed by atoms with Gasteiger partial charge in [-0.1, -0.05) is 52.9 Å². The second-order valence-corrected chi connectivity index (χ2v) is 10.2. The number of nitrogens with one attached hydrogen (secondary N) is 2. The van der Waals surface area contributed by atoms with E-state index in [1.54, 1.807) is 11.7 Å². The van der Waals surface area contributed by atoms with Crippen LogP contribution in [0.3, 0.4) is 0 Å². The number of ether oxygens (including phenoxy) is 1. The van der Waals surface area contributed by atoms with Gasteiger partial charge in [0.25, 0.3) is 0 Å². The Balaban J connectivity index is 2.32. The molecule has 0 unspecified atom stereocenters. The zero-order valence-corrected chi connectivity index (χ0v) is 18.8. The molecule has 28 heavy (non-hydrogen) atoms. The molecular weight excluding hydrogens is 378 g/mol. The third-order valence-corrected chi connectivity index (χ3v) is 5.87. The molecule has 0 aromatic carbocycles. The van der Waals surface area contributed by atoms with E-state index in [9.17, 15) is 9.59 Å². The van der Waals surface area contributed by atoms with E-state index in [0.717, 1.165) is 24.5 Å². The van der Waals surface area contributed by atoms with E-state index in [4.69, 9.17) is 4.74 Å². The predicted octanol–water partition coefficient (Wildman–Crippen LogP) is 2.19. The molecule has 0 bridgehead atoms. The van der Waals surface area contributed by atoms with Crippen LogP contribution in [0.2, 0.25) is 0 Å². The summed E-state index contributed by atoms with van der Waals surface area (Å²) in [5.41, 5.74) is -0.591. The van der Waals surface area contributed by atoms with Gasteiger partial charge in [-0.25, -0.2) is 9.48 Å². The van der Waals surface area contributed by atoms with Crippen molar-refractivity contribution in [3.63, 3.8) is 0 Å². The van der Waals surface area contributed by atoms with Crippen LogP contribution in [-0.2, 0) is 21.5 Å². The van der Waals surface area contributed by atoms with Crippen LogP contribution in [0.25, 0.3) is 0 Å². The van der Waals surface area contributed by atoms with Crippen LogP contribution in [-0.4, -0.2) is 47.5 Å². The first-order valence-corrected chi connectivity index (χ1v) is 10.5. The highest BCUT2D eigenvalue weighted by molar-refractivity contribution is 7.09. The van der Waals surface area contributed by atoms with Gasteiger partial charge in [-0.2, -0.15) is 10.1 Å². The summed E-state index contributed by atoms with van der Waals surface area (Å²) >= 11 is 1.40. The van der Waals surface area contributed by atoms with Crippen molar-refractivity contribution >= 4 is 23.3 Å². The predicted molar refractivity (Wildman–Crippen MR) is 109 cm³/mol. The van der Waals surface area contributed by atoms with Crippen molar-refractivity contribution in [3.8, 4) is 0 Å². The maximum absolute atomic E-state index is 12.6. The Kier molecular flexibility index (Phi) is 7.03. The lowest BCUT2D eigenvalue weighted by Crippen LogP contribution is -2.52. The lowest BCUT2D eigenvalue weighted by molar-refractivity contribution is -0.124. The molecule has 1 saturated heterocycles. The summed E-state index contributed by atoms with van der Waals surface area (Å²) in [5.74, 6) is -0.247. The van der Waals surface area contributed by atoms with Gasteiger partial charge in [0.2, 0.25) is 10.7 Å². The van der Waals surface area contributed by atoms with Crippen molar-refractivity contribution in [2.24, 2.45) is 10.4 Å². The molecule has 1 aliphatic heterocycles. The van der Waals surface area contributed by atoms with Crippen molar-refractivity contribution < 1.29 is 14.3 Å². The number of urea groups is 1. The molecule has 3 amide bonds. The Morgan fingerprint density at radius 2 is 2.00 bits per heavy atom. The number of likely N-dealkylation sites (N-methyl/N-ethyl adjacent to an activating group) is 1. The van der Waals surface area contributed by atoms with Gasteiger partial charge in [0, 0.05) is 19.1 Å². The molecule has 158 valence electrons. The fourth-order valence-corrected chi connectivity index (χ4v) is 3.83. The monoisotopic (exact) mass is 411 g/mol. The van der Waals surface area contributed by atoms with Crippen LogP contribution >= 0.6 is 11.3 Å². The van der Waals surface area contributed by atoms with Gasteiger partial charge in [0.05, 0.1) is 12.6 Å². The van der Waals surface area contributed by atoms with E-state index in [1.807, 2.05) is 20.8 Å². The minimum absolute atomic E-state index is 0.0881. The molecule has 0 radical (unpaired) electrons. The van der Waals surface area contributed by atoms with Crippen molar-refractivity contribution in [1.29, 1.82) is 0 Å². The molecule has 1 fully saturated rings. The van der Waals surface area contributed by atoms with Gasteiger partial charge >= 0.3 is 6.03 Å². The first-order chi connectivity index (χ1) is 12.9. The first kappa shape index (κ1) is 22.5. The zero-order valence-electron chi connectivity index (χ0n) is 18.0. The quantitative estimate of drug-likeness (QED) is 0.793. The average molecular weight is 412 g/mol. The van der Waals surface area contributed by atoms with E-state index in [2.05, 4.69) is 41.5 Å². The van der Waals surface area contributed by atoms with Crippen LogP contribution in [0.4, 0.5) is 4.79 Å². The molecule has 2 atom stereocenters. The lowest BCUT2D eigenvalue weighted by atomic mass is 9.86. The highest BCUT2D eigenvalue weighted by Gasteiger charge is 2.32. The Hall–Kier alpha value is -1.74. The number of carbonyl (C=O) groups excluding carboxylic acids is 2. The highest BCUT2D eigenvalue weighted by Crippen LogP contribution is 2.23. The second-order valence-electron chi connectivity index (χ2n) is 9.23. The van der Waals surface area contributed by atoms with Gasteiger partial charge in [0.1, 0.15) is 11.0 Å². The smallest absolute Gasteiger partial charge is 0.344 e. The summed E-state index contributed by atoms with van der Waals surface area (Å²) in [6.07, 6.45) is 2.10.